The Labute approximate surface area is 132 Å². The summed E-state index contributed by atoms with van der Waals surface area (Å²) in [6, 6.07) is 0. The summed E-state index contributed by atoms with van der Waals surface area (Å²) in [4.78, 5) is 14.6. The molecule has 0 aromatic heterocycles. The second-order valence-corrected chi connectivity index (χ2v) is 8.44. The summed E-state index contributed by atoms with van der Waals surface area (Å²) < 4.78 is 0. The molecule has 0 N–H and O–H groups in total. The minimum atomic E-state index is 0.125. The van der Waals surface area contributed by atoms with Gasteiger partial charge >= 0.3 is 0 Å². The number of amides is 1. The highest BCUT2D eigenvalue weighted by Crippen LogP contribution is 2.40. The molecule has 1 rings (SSSR count). The first-order valence-corrected chi connectivity index (χ1v) is 8.98. The number of rotatable bonds is 7. The van der Waals surface area contributed by atoms with Crippen molar-refractivity contribution < 1.29 is 4.79 Å². The summed E-state index contributed by atoms with van der Waals surface area (Å²) in [7, 11) is 0. The van der Waals surface area contributed by atoms with Gasteiger partial charge in [0.15, 0.2) is 0 Å². The van der Waals surface area contributed by atoms with E-state index in [2.05, 4.69) is 46.4 Å². The Balaban J connectivity index is 2.50. The van der Waals surface area contributed by atoms with Crippen LogP contribution in [0, 0.1) is 16.7 Å². The number of carbonyl (C=O) groups is 1. The molecule has 1 heterocycles. The number of piperidine rings is 1. The van der Waals surface area contributed by atoms with Gasteiger partial charge in [0.1, 0.15) is 0 Å². The van der Waals surface area contributed by atoms with Crippen LogP contribution in [0.3, 0.4) is 0 Å². The molecule has 21 heavy (non-hydrogen) atoms. The Morgan fingerprint density at radius 2 is 1.62 bits per heavy atom. The predicted octanol–water partition coefficient (Wildman–Crippen LogP) is 5.27. The molecule has 0 aromatic carbocycles. The Hall–Kier alpha value is -0.530. The van der Waals surface area contributed by atoms with E-state index in [1.165, 1.54) is 32.1 Å². The maximum atomic E-state index is 12.5. The molecule has 1 atom stereocenters. The lowest BCUT2D eigenvalue weighted by Crippen LogP contribution is -2.38. The van der Waals surface area contributed by atoms with Crippen LogP contribution in [-0.4, -0.2) is 23.9 Å². The fourth-order valence-electron chi connectivity index (χ4n) is 3.25. The summed E-state index contributed by atoms with van der Waals surface area (Å²) in [6.07, 6.45) is 7.97. The molecule has 2 heteroatoms. The van der Waals surface area contributed by atoms with Crippen molar-refractivity contribution in [3.8, 4) is 0 Å². The lowest BCUT2D eigenvalue weighted by atomic mass is 9.69. The van der Waals surface area contributed by atoms with Gasteiger partial charge in [0.05, 0.1) is 0 Å². The largest absolute Gasteiger partial charge is 0.343 e. The molecule has 0 aromatic rings. The molecule has 0 aliphatic carbocycles. The van der Waals surface area contributed by atoms with Gasteiger partial charge in [0, 0.05) is 19.5 Å². The number of likely N-dealkylation sites (tertiary alicyclic amines) is 1. The Bertz CT molecular complexity index is 328. The van der Waals surface area contributed by atoms with E-state index in [-0.39, 0.29) is 5.41 Å². The van der Waals surface area contributed by atoms with E-state index in [0.717, 1.165) is 19.5 Å². The number of carbonyl (C=O) groups excluding carboxylic acids is 1. The summed E-state index contributed by atoms with van der Waals surface area (Å²) in [5.74, 6) is 1.08. The van der Waals surface area contributed by atoms with Crippen molar-refractivity contribution >= 4 is 5.91 Å². The average molecular weight is 296 g/mol. The minimum Gasteiger partial charge on any atom is -0.343 e. The van der Waals surface area contributed by atoms with Crippen LogP contribution >= 0.6 is 0 Å². The molecule has 1 aliphatic rings. The number of hydrogen-bond acceptors (Lipinski definition) is 1. The monoisotopic (exact) mass is 295 g/mol. The number of nitrogens with zero attached hydrogens (tertiary/aromatic N) is 1. The Morgan fingerprint density at radius 3 is 2.10 bits per heavy atom. The van der Waals surface area contributed by atoms with E-state index in [9.17, 15) is 4.79 Å². The molecule has 1 aliphatic heterocycles. The van der Waals surface area contributed by atoms with Crippen LogP contribution in [0.15, 0.2) is 0 Å². The summed E-state index contributed by atoms with van der Waals surface area (Å²) in [5.41, 5.74) is 0.533. The van der Waals surface area contributed by atoms with Crippen LogP contribution in [0.5, 0.6) is 0 Å². The predicted molar refractivity (Wildman–Crippen MR) is 91.3 cm³/mol. The smallest absolute Gasteiger partial charge is 0.223 e. The van der Waals surface area contributed by atoms with Crippen LogP contribution < -0.4 is 0 Å². The van der Waals surface area contributed by atoms with Crippen molar-refractivity contribution in [2.45, 2.75) is 86.5 Å². The van der Waals surface area contributed by atoms with Gasteiger partial charge in [-0.15, -0.1) is 0 Å². The van der Waals surface area contributed by atoms with Crippen molar-refractivity contribution in [2.24, 2.45) is 16.7 Å². The normalized spacial score (nSPS) is 19.7. The van der Waals surface area contributed by atoms with Gasteiger partial charge in [-0.1, -0.05) is 48.0 Å². The second-order valence-electron chi connectivity index (χ2n) is 8.44. The first-order valence-electron chi connectivity index (χ1n) is 8.98. The van der Waals surface area contributed by atoms with Crippen molar-refractivity contribution in [3.63, 3.8) is 0 Å². The van der Waals surface area contributed by atoms with Gasteiger partial charge in [0.25, 0.3) is 0 Å². The molecule has 1 saturated heterocycles. The third kappa shape index (κ3) is 5.64. The lowest BCUT2D eigenvalue weighted by molar-refractivity contribution is -0.134. The lowest BCUT2D eigenvalue weighted by Gasteiger charge is -2.37. The molecule has 0 bridgehead atoms. The highest BCUT2D eigenvalue weighted by Gasteiger charge is 2.31. The van der Waals surface area contributed by atoms with Crippen LogP contribution in [0.25, 0.3) is 0 Å². The van der Waals surface area contributed by atoms with E-state index < -0.39 is 0 Å². The molecule has 0 saturated carbocycles. The SMILES string of the molecule is CCC(C)(CCC(C)(C)CC(=O)N1CCCCC1)C(C)C. The summed E-state index contributed by atoms with van der Waals surface area (Å²) >= 11 is 0. The van der Waals surface area contributed by atoms with E-state index in [1.54, 1.807) is 0 Å². The number of hydrogen-bond donors (Lipinski definition) is 0. The van der Waals surface area contributed by atoms with Crippen LogP contribution in [-0.2, 0) is 4.79 Å². The summed E-state index contributed by atoms with van der Waals surface area (Å²) in [5, 5.41) is 0. The van der Waals surface area contributed by atoms with Crippen molar-refractivity contribution in [2.75, 3.05) is 13.1 Å². The fraction of sp³-hybridized carbons (Fsp3) is 0.947. The highest BCUT2D eigenvalue weighted by atomic mass is 16.2. The third-order valence-electron chi connectivity index (χ3n) is 5.91. The van der Waals surface area contributed by atoms with Crippen LogP contribution in [0.1, 0.15) is 86.5 Å². The van der Waals surface area contributed by atoms with Gasteiger partial charge < -0.3 is 4.90 Å². The van der Waals surface area contributed by atoms with Gasteiger partial charge in [-0.25, -0.2) is 0 Å². The van der Waals surface area contributed by atoms with Crippen LogP contribution in [0.4, 0.5) is 0 Å². The quantitative estimate of drug-likeness (QED) is 0.626. The summed E-state index contributed by atoms with van der Waals surface area (Å²) in [6.45, 7) is 15.9. The third-order valence-corrected chi connectivity index (χ3v) is 5.91. The molecular formula is C19H37NO. The zero-order chi connectivity index (χ0) is 16.1. The maximum absolute atomic E-state index is 12.5. The van der Waals surface area contributed by atoms with Gasteiger partial charge in [-0.2, -0.15) is 0 Å². The van der Waals surface area contributed by atoms with E-state index >= 15 is 0 Å². The molecule has 2 nitrogen and oxygen atoms in total. The zero-order valence-corrected chi connectivity index (χ0v) is 15.3. The van der Waals surface area contributed by atoms with Gasteiger partial charge in [-0.05, 0) is 48.9 Å². The Morgan fingerprint density at radius 1 is 1.05 bits per heavy atom. The van der Waals surface area contributed by atoms with Crippen molar-refractivity contribution in [1.29, 1.82) is 0 Å². The highest BCUT2D eigenvalue weighted by molar-refractivity contribution is 5.76. The molecule has 1 fully saturated rings. The first kappa shape index (κ1) is 18.5. The van der Waals surface area contributed by atoms with Crippen LogP contribution in [0.2, 0.25) is 0 Å². The second kappa shape index (κ2) is 7.65. The van der Waals surface area contributed by atoms with E-state index in [0.29, 0.717) is 23.7 Å². The molecule has 0 radical (unpaired) electrons. The first-order chi connectivity index (χ1) is 9.70. The molecular weight excluding hydrogens is 258 g/mol. The zero-order valence-electron chi connectivity index (χ0n) is 15.3. The average Bonchev–Trinajstić information content (AvgIpc) is 2.45. The molecule has 124 valence electrons. The Kier molecular flexibility index (Phi) is 6.74. The van der Waals surface area contributed by atoms with Crippen molar-refractivity contribution in [3.05, 3.63) is 0 Å². The topological polar surface area (TPSA) is 20.3 Å². The minimum absolute atomic E-state index is 0.125. The standard InChI is InChI=1S/C19H37NO/c1-7-19(6,16(2)3)12-11-18(4,5)15-17(21)20-13-9-8-10-14-20/h16H,7-15H2,1-6H3. The molecule has 1 amide bonds. The van der Waals surface area contributed by atoms with Crippen molar-refractivity contribution in [1.82, 2.24) is 4.90 Å². The van der Waals surface area contributed by atoms with E-state index in [4.69, 9.17) is 0 Å². The van der Waals surface area contributed by atoms with E-state index in [1.807, 2.05) is 0 Å². The molecule has 0 spiro atoms. The fourth-order valence-corrected chi connectivity index (χ4v) is 3.25. The van der Waals surface area contributed by atoms with Gasteiger partial charge in [0.2, 0.25) is 5.91 Å². The van der Waals surface area contributed by atoms with Gasteiger partial charge in [-0.3, -0.25) is 4.79 Å². The maximum Gasteiger partial charge on any atom is 0.223 e. The molecule has 1 unspecified atom stereocenters.